The van der Waals surface area contributed by atoms with Gasteiger partial charge in [-0.05, 0) is 60.9 Å². The van der Waals surface area contributed by atoms with E-state index < -0.39 is 17.4 Å². The molecule has 6 nitrogen and oxygen atoms in total. The SMILES string of the molecule is COc1ccc(CN2C(=O)[C@@](N)([C@H](CCC3CCCCC3)C(=O)O)CCc3ccccc32)cc1. The van der Waals surface area contributed by atoms with Gasteiger partial charge in [0.1, 0.15) is 11.3 Å². The van der Waals surface area contributed by atoms with Gasteiger partial charge in [-0.15, -0.1) is 0 Å². The highest BCUT2D eigenvalue weighted by Gasteiger charge is 2.49. The predicted molar refractivity (Wildman–Crippen MR) is 133 cm³/mol. The van der Waals surface area contributed by atoms with Crippen LogP contribution in [0.2, 0.25) is 0 Å². The molecule has 0 saturated heterocycles. The van der Waals surface area contributed by atoms with Gasteiger partial charge >= 0.3 is 5.97 Å². The first-order valence-electron chi connectivity index (χ1n) is 12.5. The molecule has 2 atom stereocenters. The van der Waals surface area contributed by atoms with Crippen molar-refractivity contribution in [1.82, 2.24) is 0 Å². The predicted octanol–water partition coefficient (Wildman–Crippen LogP) is 4.93. The Kier molecular flexibility index (Phi) is 7.57. The van der Waals surface area contributed by atoms with Crippen molar-refractivity contribution < 1.29 is 19.4 Å². The zero-order valence-electron chi connectivity index (χ0n) is 20.0. The quantitative estimate of drug-likeness (QED) is 0.578. The van der Waals surface area contributed by atoms with Crippen LogP contribution in [0.5, 0.6) is 5.75 Å². The van der Waals surface area contributed by atoms with Crippen LogP contribution in [0.4, 0.5) is 5.69 Å². The molecule has 0 unspecified atom stereocenters. The molecule has 0 spiro atoms. The Morgan fingerprint density at radius 1 is 1.15 bits per heavy atom. The highest BCUT2D eigenvalue weighted by molar-refractivity contribution is 6.03. The molecule has 0 aromatic heterocycles. The van der Waals surface area contributed by atoms with E-state index in [-0.39, 0.29) is 5.91 Å². The number of carboxylic acids is 1. The van der Waals surface area contributed by atoms with Gasteiger partial charge in [0.25, 0.3) is 0 Å². The maximum atomic E-state index is 14.1. The number of aryl methyl sites for hydroxylation is 1. The Labute approximate surface area is 202 Å². The highest BCUT2D eigenvalue weighted by atomic mass is 16.5. The summed E-state index contributed by atoms with van der Waals surface area (Å²) in [4.78, 5) is 28.2. The van der Waals surface area contributed by atoms with E-state index in [1.54, 1.807) is 12.0 Å². The Hall–Kier alpha value is -2.86. The largest absolute Gasteiger partial charge is 0.497 e. The molecular formula is C28H36N2O4. The second kappa shape index (κ2) is 10.6. The summed E-state index contributed by atoms with van der Waals surface area (Å²) in [6.45, 7) is 0.327. The first-order chi connectivity index (χ1) is 16.4. The third-order valence-corrected chi connectivity index (χ3v) is 7.74. The van der Waals surface area contributed by atoms with E-state index in [0.717, 1.165) is 41.8 Å². The standard InChI is InChI=1S/C28H36N2O4/c1-34-23-14-11-21(12-15-23)19-30-25-10-6-5-9-22(25)17-18-28(29,27(30)33)24(26(31)32)16-13-20-7-3-2-4-8-20/h5-6,9-12,14-15,20,24H,2-4,7-8,13,16-19,29H2,1H3,(H,31,32)/t24-,28+/m1/s1. The van der Waals surface area contributed by atoms with Crippen molar-refractivity contribution in [3.8, 4) is 5.75 Å². The van der Waals surface area contributed by atoms with Gasteiger partial charge in [0.15, 0.2) is 0 Å². The zero-order valence-corrected chi connectivity index (χ0v) is 20.0. The number of hydrogen-bond acceptors (Lipinski definition) is 4. The Bertz CT molecular complexity index is 1000. The fourth-order valence-electron chi connectivity index (χ4n) is 5.67. The maximum Gasteiger partial charge on any atom is 0.308 e. The molecule has 2 aliphatic rings. The van der Waals surface area contributed by atoms with E-state index in [1.165, 1.54) is 19.3 Å². The Morgan fingerprint density at radius 2 is 1.85 bits per heavy atom. The molecule has 0 bridgehead atoms. The van der Waals surface area contributed by atoms with E-state index in [1.807, 2.05) is 48.5 Å². The molecule has 1 heterocycles. The Balaban J connectivity index is 1.63. The first kappa shape index (κ1) is 24.3. The van der Waals surface area contributed by atoms with E-state index in [2.05, 4.69) is 0 Å². The number of para-hydroxylation sites is 1. The summed E-state index contributed by atoms with van der Waals surface area (Å²) in [5.74, 6) is -0.901. The Morgan fingerprint density at radius 3 is 2.53 bits per heavy atom. The lowest BCUT2D eigenvalue weighted by Crippen LogP contribution is -2.61. The van der Waals surface area contributed by atoms with Crippen LogP contribution in [0.15, 0.2) is 48.5 Å². The van der Waals surface area contributed by atoms with Crippen LogP contribution in [-0.4, -0.2) is 29.6 Å². The van der Waals surface area contributed by atoms with Crippen molar-refractivity contribution in [2.24, 2.45) is 17.6 Å². The van der Waals surface area contributed by atoms with E-state index in [4.69, 9.17) is 10.5 Å². The molecular weight excluding hydrogens is 428 g/mol. The monoisotopic (exact) mass is 464 g/mol. The molecule has 1 aliphatic carbocycles. The van der Waals surface area contributed by atoms with Crippen LogP contribution < -0.4 is 15.4 Å². The molecule has 2 aromatic rings. The number of nitrogens with zero attached hydrogens (tertiary/aromatic N) is 1. The van der Waals surface area contributed by atoms with Crippen LogP contribution in [0.3, 0.4) is 0 Å². The van der Waals surface area contributed by atoms with Crippen molar-refractivity contribution in [3.63, 3.8) is 0 Å². The van der Waals surface area contributed by atoms with E-state index in [0.29, 0.717) is 31.7 Å². The van der Waals surface area contributed by atoms with Gasteiger partial charge in [0, 0.05) is 5.69 Å². The average Bonchev–Trinajstić information content (AvgIpc) is 2.96. The van der Waals surface area contributed by atoms with E-state index >= 15 is 0 Å². The number of amides is 1. The molecule has 6 heteroatoms. The number of nitrogens with two attached hydrogens (primary N) is 1. The third kappa shape index (κ3) is 5.12. The number of ether oxygens (including phenoxy) is 1. The van der Waals surface area contributed by atoms with Gasteiger partial charge in [-0.25, -0.2) is 0 Å². The number of carbonyl (C=O) groups is 2. The summed E-state index contributed by atoms with van der Waals surface area (Å²) in [6.07, 6.45) is 8.12. The molecule has 4 rings (SSSR count). The van der Waals surface area contributed by atoms with Crippen LogP contribution in [0.1, 0.15) is 62.5 Å². The number of carbonyl (C=O) groups excluding carboxylic acids is 1. The first-order valence-corrected chi connectivity index (χ1v) is 12.5. The lowest BCUT2D eigenvalue weighted by molar-refractivity contribution is -0.148. The molecule has 182 valence electrons. The minimum Gasteiger partial charge on any atom is -0.497 e. The minimum atomic E-state index is -1.45. The summed E-state index contributed by atoms with van der Waals surface area (Å²) >= 11 is 0. The fraction of sp³-hybridized carbons (Fsp3) is 0.500. The number of carboxylic acid groups (broad SMARTS) is 1. The van der Waals surface area contributed by atoms with Gasteiger partial charge in [0.05, 0.1) is 19.6 Å². The number of benzene rings is 2. The van der Waals surface area contributed by atoms with Crippen LogP contribution in [0, 0.1) is 11.8 Å². The van der Waals surface area contributed by atoms with Crippen molar-refractivity contribution in [1.29, 1.82) is 0 Å². The average molecular weight is 465 g/mol. The normalized spacial score (nSPS) is 22.1. The molecule has 1 saturated carbocycles. The minimum absolute atomic E-state index is 0.302. The summed E-state index contributed by atoms with van der Waals surface area (Å²) < 4.78 is 5.26. The second-order valence-corrected chi connectivity index (χ2v) is 9.88. The smallest absolute Gasteiger partial charge is 0.308 e. The lowest BCUT2D eigenvalue weighted by atomic mass is 9.75. The summed E-state index contributed by atoms with van der Waals surface area (Å²) in [6, 6.07) is 15.4. The number of methoxy groups -OCH3 is 1. The van der Waals surface area contributed by atoms with Crippen molar-refractivity contribution >= 4 is 17.6 Å². The maximum absolute atomic E-state index is 14.1. The molecule has 1 fully saturated rings. The number of fused-ring (bicyclic) bond motifs is 1. The van der Waals surface area contributed by atoms with Crippen molar-refractivity contribution in [2.45, 2.75) is 69.9 Å². The zero-order chi connectivity index (χ0) is 24.1. The second-order valence-electron chi connectivity index (χ2n) is 9.88. The van der Waals surface area contributed by atoms with Crippen molar-refractivity contribution in [3.05, 3.63) is 59.7 Å². The summed E-state index contributed by atoms with van der Waals surface area (Å²) in [5.41, 5.74) is 8.15. The fourth-order valence-corrected chi connectivity index (χ4v) is 5.67. The number of aliphatic carboxylic acids is 1. The van der Waals surface area contributed by atoms with Crippen LogP contribution >= 0.6 is 0 Å². The van der Waals surface area contributed by atoms with Gasteiger partial charge in [0.2, 0.25) is 5.91 Å². The van der Waals surface area contributed by atoms with Crippen molar-refractivity contribution in [2.75, 3.05) is 12.0 Å². The van der Waals surface area contributed by atoms with E-state index in [9.17, 15) is 14.7 Å². The number of hydrogen-bond donors (Lipinski definition) is 2. The van der Waals surface area contributed by atoms with Gasteiger partial charge in [-0.2, -0.15) is 0 Å². The highest BCUT2D eigenvalue weighted by Crippen LogP contribution is 2.38. The molecule has 2 aromatic carbocycles. The number of rotatable bonds is 8. The van der Waals surface area contributed by atoms with Crippen LogP contribution in [0.25, 0.3) is 0 Å². The third-order valence-electron chi connectivity index (χ3n) is 7.74. The lowest BCUT2D eigenvalue weighted by Gasteiger charge is -2.37. The molecule has 34 heavy (non-hydrogen) atoms. The van der Waals surface area contributed by atoms with Gasteiger partial charge in [-0.3, -0.25) is 9.59 Å². The van der Waals surface area contributed by atoms with Crippen LogP contribution in [-0.2, 0) is 22.6 Å². The molecule has 0 radical (unpaired) electrons. The molecule has 1 aliphatic heterocycles. The summed E-state index contributed by atoms with van der Waals surface area (Å²) in [5, 5.41) is 10.2. The summed E-state index contributed by atoms with van der Waals surface area (Å²) in [7, 11) is 1.62. The van der Waals surface area contributed by atoms with Gasteiger partial charge < -0.3 is 20.5 Å². The number of anilines is 1. The van der Waals surface area contributed by atoms with Gasteiger partial charge in [-0.1, -0.05) is 62.4 Å². The topological polar surface area (TPSA) is 92.9 Å². The molecule has 3 N–H and O–H groups in total. The molecule has 1 amide bonds.